The zero-order valence-corrected chi connectivity index (χ0v) is 9.24. The van der Waals surface area contributed by atoms with Gasteiger partial charge in [-0.2, -0.15) is 11.8 Å². The Hall–Kier alpha value is -0.220. The summed E-state index contributed by atoms with van der Waals surface area (Å²) in [5.74, 6) is 3.26. The number of nitrogens with one attached hydrogen (secondary N) is 2. The molecule has 2 saturated heterocycles. The van der Waals surface area contributed by atoms with Crippen molar-refractivity contribution < 1.29 is 4.79 Å². The van der Waals surface area contributed by atoms with E-state index in [0.717, 1.165) is 32.4 Å². The molecule has 14 heavy (non-hydrogen) atoms. The van der Waals surface area contributed by atoms with E-state index in [9.17, 15) is 4.79 Å². The number of rotatable bonds is 3. The highest BCUT2D eigenvalue weighted by molar-refractivity contribution is 7.99. The molecule has 80 valence electrons. The first-order chi connectivity index (χ1) is 6.84. The minimum absolute atomic E-state index is 0.258. The lowest BCUT2D eigenvalue weighted by Crippen LogP contribution is -2.46. The SMILES string of the molecule is O=C(CC1CNC1)NC1CCSCC1. The Bertz CT molecular complexity index is 200. The first kappa shape index (κ1) is 10.3. The van der Waals surface area contributed by atoms with Crippen LogP contribution in [0.5, 0.6) is 0 Å². The van der Waals surface area contributed by atoms with Gasteiger partial charge in [0.15, 0.2) is 0 Å². The molecule has 0 atom stereocenters. The number of hydrogen-bond donors (Lipinski definition) is 2. The fourth-order valence-electron chi connectivity index (χ4n) is 1.88. The van der Waals surface area contributed by atoms with Gasteiger partial charge in [0.25, 0.3) is 0 Å². The average molecular weight is 214 g/mol. The van der Waals surface area contributed by atoms with Gasteiger partial charge in [-0.25, -0.2) is 0 Å². The summed E-state index contributed by atoms with van der Waals surface area (Å²) >= 11 is 1.99. The Morgan fingerprint density at radius 1 is 1.36 bits per heavy atom. The van der Waals surface area contributed by atoms with Crippen LogP contribution in [0.25, 0.3) is 0 Å². The second-order valence-electron chi connectivity index (χ2n) is 4.18. The number of thioether (sulfide) groups is 1. The van der Waals surface area contributed by atoms with Crippen molar-refractivity contribution in [3.05, 3.63) is 0 Å². The maximum absolute atomic E-state index is 11.6. The van der Waals surface area contributed by atoms with Crippen LogP contribution < -0.4 is 10.6 Å². The van der Waals surface area contributed by atoms with Crippen LogP contribution in [0.2, 0.25) is 0 Å². The fraction of sp³-hybridized carbons (Fsp3) is 0.900. The molecule has 2 N–H and O–H groups in total. The minimum Gasteiger partial charge on any atom is -0.353 e. The van der Waals surface area contributed by atoms with E-state index in [-0.39, 0.29) is 5.91 Å². The first-order valence-electron chi connectivity index (χ1n) is 5.42. The van der Waals surface area contributed by atoms with Gasteiger partial charge in [0.2, 0.25) is 5.91 Å². The van der Waals surface area contributed by atoms with Gasteiger partial charge in [-0.15, -0.1) is 0 Å². The quantitative estimate of drug-likeness (QED) is 0.723. The molecule has 0 saturated carbocycles. The third kappa shape index (κ3) is 2.89. The topological polar surface area (TPSA) is 41.1 Å². The van der Waals surface area contributed by atoms with Crippen molar-refractivity contribution in [3.8, 4) is 0 Å². The van der Waals surface area contributed by atoms with E-state index in [4.69, 9.17) is 0 Å². The standard InChI is InChI=1S/C10H18N2OS/c13-10(5-8-6-11-7-8)12-9-1-3-14-4-2-9/h8-9,11H,1-7H2,(H,12,13). The molecule has 0 bridgehead atoms. The second-order valence-corrected chi connectivity index (χ2v) is 5.41. The van der Waals surface area contributed by atoms with E-state index in [1.54, 1.807) is 0 Å². The van der Waals surface area contributed by atoms with Gasteiger partial charge in [-0.3, -0.25) is 4.79 Å². The molecule has 3 nitrogen and oxygen atoms in total. The number of carbonyl (C=O) groups excluding carboxylic acids is 1. The van der Waals surface area contributed by atoms with Crippen LogP contribution in [-0.2, 0) is 4.79 Å². The van der Waals surface area contributed by atoms with Gasteiger partial charge in [-0.1, -0.05) is 0 Å². The second kappa shape index (κ2) is 5.03. The summed E-state index contributed by atoms with van der Waals surface area (Å²) < 4.78 is 0. The normalized spacial score (nSPS) is 24.3. The van der Waals surface area contributed by atoms with Gasteiger partial charge in [0.1, 0.15) is 0 Å². The van der Waals surface area contributed by atoms with Gasteiger partial charge in [0, 0.05) is 12.5 Å². The molecule has 0 aliphatic carbocycles. The van der Waals surface area contributed by atoms with E-state index in [1.807, 2.05) is 11.8 Å². The third-order valence-electron chi connectivity index (χ3n) is 2.93. The third-order valence-corrected chi connectivity index (χ3v) is 3.98. The number of carbonyl (C=O) groups is 1. The molecular formula is C10H18N2OS. The zero-order valence-electron chi connectivity index (χ0n) is 8.42. The van der Waals surface area contributed by atoms with Crippen LogP contribution in [0.1, 0.15) is 19.3 Å². The van der Waals surface area contributed by atoms with Crippen LogP contribution >= 0.6 is 11.8 Å². The van der Waals surface area contributed by atoms with E-state index < -0.39 is 0 Å². The van der Waals surface area contributed by atoms with E-state index >= 15 is 0 Å². The summed E-state index contributed by atoms with van der Waals surface area (Å²) in [5.41, 5.74) is 0. The van der Waals surface area contributed by atoms with Crippen molar-refractivity contribution in [2.75, 3.05) is 24.6 Å². The molecule has 0 radical (unpaired) electrons. The number of hydrogen-bond acceptors (Lipinski definition) is 3. The lowest BCUT2D eigenvalue weighted by molar-refractivity contribution is -0.123. The molecule has 2 aliphatic rings. The van der Waals surface area contributed by atoms with Crippen LogP contribution in [0.4, 0.5) is 0 Å². The summed E-state index contributed by atoms with van der Waals surface area (Å²) in [6.07, 6.45) is 3.02. The van der Waals surface area contributed by atoms with Crippen molar-refractivity contribution >= 4 is 17.7 Å². The van der Waals surface area contributed by atoms with Crippen molar-refractivity contribution in [1.29, 1.82) is 0 Å². The zero-order chi connectivity index (χ0) is 9.80. The van der Waals surface area contributed by atoms with E-state index in [2.05, 4.69) is 10.6 Å². The summed E-state index contributed by atoms with van der Waals surface area (Å²) in [4.78, 5) is 11.6. The van der Waals surface area contributed by atoms with Crippen molar-refractivity contribution in [2.24, 2.45) is 5.92 Å². The van der Waals surface area contributed by atoms with Crippen molar-refractivity contribution in [3.63, 3.8) is 0 Å². The lowest BCUT2D eigenvalue weighted by atomic mass is 9.98. The maximum Gasteiger partial charge on any atom is 0.220 e. The highest BCUT2D eigenvalue weighted by Crippen LogP contribution is 2.17. The summed E-state index contributed by atoms with van der Waals surface area (Å²) in [5, 5.41) is 6.32. The Morgan fingerprint density at radius 2 is 2.07 bits per heavy atom. The van der Waals surface area contributed by atoms with E-state index in [0.29, 0.717) is 12.0 Å². The molecule has 0 spiro atoms. The molecule has 0 aromatic carbocycles. The summed E-state index contributed by atoms with van der Waals surface area (Å²) in [7, 11) is 0. The predicted octanol–water partition coefficient (Wildman–Crippen LogP) is 0.608. The van der Waals surface area contributed by atoms with Crippen LogP contribution in [0, 0.1) is 5.92 Å². The predicted molar refractivity (Wildman–Crippen MR) is 59.5 cm³/mol. The molecule has 2 aliphatic heterocycles. The Morgan fingerprint density at radius 3 is 2.64 bits per heavy atom. The molecule has 0 aromatic heterocycles. The molecular weight excluding hydrogens is 196 g/mol. The molecule has 2 rings (SSSR count). The minimum atomic E-state index is 0.258. The fourth-order valence-corrected chi connectivity index (χ4v) is 2.99. The molecule has 0 aromatic rings. The highest BCUT2D eigenvalue weighted by Gasteiger charge is 2.22. The monoisotopic (exact) mass is 214 g/mol. The van der Waals surface area contributed by atoms with Gasteiger partial charge in [-0.05, 0) is 43.4 Å². The first-order valence-corrected chi connectivity index (χ1v) is 6.58. The van der Waals surface area contributed by atoms with Crippen molar-refractivity contribution in [1.82, 2.24) is 10.6 Å². The van der Waals surface area contributed by atoms with Crippen LogP contribution in [-0.4, -0.2) is 36.5 Å². The number of amides is 1. The summed E-state index contributed by atoms with van der Waals surface area (Å²) in [6.45, 7) is 2.04. The van der Waals surface area contributed by atoms with Gasteiger partial charge < -0.3 is 10.6 Å². The largest absolute Gasteiger partial charge is 0.353 e. The molecule has 2 fully saturated rings. The molecule has 4 heteroatoms. The van der Waals surface area contributed by atoms with Gasteiger partial charge in [0.05, 0.1) is 0 Å². The van der Waals surface area contributed by atoms with Crippen molar-refractivity contribution in [2.45, 2.75) is 25.3 Å². The Balaban J connectivity index is 1.64. The Kier molecular flexibility index (Phi) is 3.70. The highest BCUT2D eigenvalue weighted by atomic mass is 32.2. The van der Waals surface area contributed by atoms with E-state index in [1.165, 1.54) is 11.5 Å². The molecule has 0 unspecified atom stereocenters. The maximum atomic E-state index is 11.6. The van der Waals surface area contributed by atoms with Crippen LogP contribution in [0.3, 0.4) is 0 Å². The van der Waals surface area contributed by atoms with Crippen LogP contribution in [0.15, 0.2) is 0 Å². The smallest absolute Gasteiger partial charge is 0.220 e. The average Bonchev–Trinajstić information content (AvgIpc) is 2.13. The summed E-state index contributed by atoms with van der Waals surface area (Å²) in [6, 6.07) is 0.455. The van der Waals surface area contributed by atoms with Gasteiger partial charge >= 0.3 is 0 Å². The molecule has 1 amide bonds. The Labute approximate surface area is 89.4 Å². The molecule has 2 heterocycles. The lowest BCUT2D eigenvalue weighted by Gasteiger charge is -2.28.